The maximum Gasteiger partial charge on any atom is 0.125 e. The Hall–Kier alpha value is -1.06. The van der Waals surface area contributed by atoms with Gasteiger partial charge in [-0.05, 0) is 44.4 Å². The summed E-state index contributed by atoms with van der Waals surface area (Å²) in [6.45, 7) is 4.96. The first-order valence-corrected chi connectivity index (χ1v) is 7.41. The van der Waals surface area contributed by atoms with Crippen LogP contribution in [-0.4, -0.2) is 22.3 Å². The first-order chi connectivity index (χ1) is 9.22. The quantitative estimate of drug-likeness (QED) is 0.795. The van der Waals surface area contributed by atoms with Crippen molar-refractivity contribution in [2.24, 2.45) is 0 Å². The summed E-state index contributed by atoms with van der Waals surface area (Å²) in [6.07, 6.45) is 2.54. The minimum Gasteiger partial charge on any atom is -0.378 e. The molecule has 1 aromatic heterocycles. The van der Waals surface area contributed by atoms with Crippen molar-refractivity contribution in [3.63, 3.8) is 0 Å². The molecule has 0 saturated heterocycles. The van der Waals surface area contributed by atoms with Crippen LogP contribution in [0.1, 0.15) is 37.2 Å². The smallest absolute Gasteiger partial charge is 0.125 e. The Balaban J connectivity index is 1.95. The maximum absolute atomic E-state index is 6.05. The van der Waals surface area contributed by atoms with E-state index in [1.165, 1.54) is 11.1 Å². The van der Waals surface area contributed by atoms with Gasteiger partial charge in [-0.25, -0.2) is 4.98 Å². The molecule has 0 N–H and O–H groups in total. The Kier molecular flexibility index (Phi) is 3.50. The number of hydrogen-bond acceptors (Lipinski definition) is 2. The van der Waals surface area contributed by atoms with Crippen LogP contribution in [-0.2, 0) is 10.6 Å². The van der Waals surface area contributed by atoms with E-state index < -0.39 is 0 Å². The molecule has 0 unspecified atom stereocenters. The molecule has 1 heterocycles. The monoisotopic (exact) mass is 278 g/mol. The third-order valence-corrected chi connectivity index (χ3v) is 4.11. The molecule has 1 fully saturated rings. The van der Waals surface area contributed by atoms with Gasteiger partial charge in [-0.15, -0.1) is 11.6 Å². The Bertz CT molecular complexity index is 587. The lowest BCUT2D eigenvalue weighted by molar-refractivity contribution is -0.0192. The molecule has 0 amide bonds. The Morgan fingerprint density at radius 1 is 1.42 bits per heavy atom. The van der Waals surface area contributed by atoms with Gasteiger partial charge in [0.15, 0.2) is 0 Å². The van der Waals surface area contributed by atoms with Gasteiger partial charge in [-0.3, -0.25) is 0 Å². The average molecular weight is 279 g/mol. The molecule has 1 aliphatic carbocycles. The number of benzene rings is 1. The van der Waals surface area contributed by atoms with Gasteiger partial charge in [0, 0.05) is 12.6 Å². The van der Waals surface area contributed by atoms with E-state index in [0.717, 1.165) is 30.8 Å². The number of fused-ring (bicyclic) bond motifs is 1. The molecule has 19 heavy (non-hydrogen) atoms. The predicted octanol–water partition coefficient (Wildman–Crippen LogP) is 3.82. The fourth-order valence-corrected chi connectivity index (χ4v) is 3.06. The average Bonchev–Trinajstić information content (AvgIpc) is 2.71. The fourth-order valence-electron chi connectivity index (χ4n) is 2.88. The summed E-state index contributed by atoms with van der Waals surface area (Å²) >= 11 is 6.05. The van der Waals surface area contributed by atoms with Crippen molar-refractivity contribution < 1.29 is 4.74 Å². The SMILES string of the molecule is CCOC1CC(n2c(CCl)nc3ccc(C)cc32)C1. The summed E-state index contributed by atoms with van der Waals surface area (Å²) in [6, 6.07) is 6.86. The van der Waals surface area contributed by atoms with Gasteiger partial charge in [-0.2, -0.15) is 0 Å². The molecule has 0 atom stereocenters. The topological polar surface area (TPSA) is 27.1 Å². The van der Waals surface area contributed by atoms with Crippen molar-refractivity contribution in [2.45, 2.75) is 44.7 Å². The summed E-state index contributed by atoms with van der Waals surface area (Å²) in [5, 5.41) is 0. The van der Waals surface area contributed by atoms with Gasteiger partial charge in [0.1, 0.15) is 5.82 Å². The van der Waals surface area contributed by atoms with Crippen LogP contribution in [0, 0.1) is 6.92 Å². The second-order valence-corrected chi connectivity index (χ2v) is 5.49. The van der Waals surface area contributed by atoms with E-state index in [1.807, 2.05) is 6.92 Å². The van der Waals surface area contributed by atoms with E-state index >= 15 is 0 Å². The summed E-state index contributed by atoms with van der Waals surface area (Å²) in [5.41, 5.74) is 3.51. The van der Waals surface area contributed by atoms with Gasteiger partial charge < -0.3 is 9.30 Å². The minimum atomic E-state index is 0.403. The number of imidazole rings is 1. The van der Waals surface area contributed by atoms with Crippen molar-refractivity contribution in [3.8, 4) is 0 Å². The summed E-state index contributed by atoms with van der Waals surface area (Å²) in [7, 11) is 0. The van der Waals surface area contributed by atoms with E-state index in [9.17, 15) is 0 Å². The van der Waals surface area contributed by atoms with Crippen molar-refractivity contribution in [1.29, 1.82) is 0 Å². The largest absolute Gasteiger partial charge is 0.378 e. The number of ether oxygens (including phenoxy) is 1. The number of halogens is 1. The number of nitrogens with zero attached hydrogens (tertiary/aromatic N) is 2. The molecule has 3 nitrogen and oxygen atoms in total. The summed E-state index contributed by atoms with van der Waals surface area (Å²) in [5.74, 6) is 1.44. The second-order valence-electron chi connectivity index (χ2n) is 5.23. The van der Waals surface area contributed by atoms with Crippen molar-refractivity contribution in [3.05, 3.63) is 29.6 Å². The van der Waals surface area contributed by atoms with Crippen molar-refractivity contribution in [2.75, 3.05) is 6.61 Å². The van der Waals surface area contributed by atoms with Gasteiger partial charge in [0.05, 0.1) is 23.0 Å². The highest BCUT2D eigenvalue weighted by Crippen LogP contribution is 2.38. The molecule has 1 aliphatic rings. The molecule has 4 heteroatoms. The standard InChI is InChI=1S/C15H19ClN2O/c1-3-19-12-7-11(8-12)18-14-6-10(2)4-5-13(14)17-15(18)9-16/h4-6,11-12H,3,7-9H2,1-2H3. The zero-order valence-corrected chi connectivity index (χ0v) is 12.2. The molecule has 1 aromatic carbocycles. The second kappa shape index (κ2) is 5.14. The third-order valence-electron chi connectivity index (χ3n) is 3.88. The highest BCUT2D eigenvalue weighted by atomic mass is 35.5. The number of aryl methyl sites for hydroxylation is 1. The Morgan fingerprint density at radius 2 is 2.21 bits per heavy atom. The van der Waals surface area contributed by atoms with Crippen LogP contribution in [0.2, 0.25) is 0 Å². The number of alkyl halides is 1. The lowest BCUT2D eigenvalue weighted by atomic mass is 9.88. The van der Waals surface area contributed by atoms with Crippen LogP contribution >= 0.6 is 11.6 Å². The van der Waals surface area contributed by atoms with Gasteiger partial charge in [0.2, 0.25) is 0 Å². The van der Waals surface area contributed by atoms with Crippen LogP contribution in [0.5, 0.6) is 0 Å². The van der Waals surface area contributed by atoms with Gasteiger partial charge >= 0.3 is 0 Å². The Labute approximate surface area is 118 Å². The predicted molar refractivity (Wildman–Crippen MR) is 77.7 cm³/mol. The van der Waals surface area contributed by atoms with Crippen LogP contribution in [0.25, 0.3) is 11.0 Å². The zero-order chi connectivity index (χ0) is 13.4. The van der Waals surface area contributed by atoms with E-state index in [2.05, 4.69) is 34.7 Å². The van der Waals surface area contributed by atoms with Gasteiger partial charge in [0.25, 0.3) is 0 Å². The molecular weight excluding hydrogens is 260 g/mol. The van der Waals surface area contributed by atoms with E-state index in [0.29, 0.717) is 18.0 Å². The molecule has 0 aliphatic heterocycles. The van der Waals surface area contributed by atoms with Crippen molar-refractivity contribution >= 4 is 22.6 Å². The highest BCUT2D eigenvalue weighted by molar-refractivity contribution is 6.16. The van der Waals surface area contributed by atoms with Crippen LogP contribution in [0.4, 0.5) is 0 Å². The highest BCUT2D eigenvalue weighted by Gasteiger charge is 2.33. The number of hydrogen-bond donors (Lipinski definition) is 0. The first kappa shape index (κ1) is 12.9. The van der Waals surface area contributed by atoms with Crippen molar-refractivity contribution in [1.82, 2.24) is 9.55 Å². The maximum atomic E-state index is 6.05. The van der Waals surface area contributed by atoms with E-state index in [-0.39, 0.29) is 0 Å². The third kappa shape index (κ3) is 2.26. The molecule has 2 aromatic rings. The lowest BCUT2D eigenvalue weighted by Crippen LogP contribution is -2.34. The molecule has 0 bridgehead atoms. The van der Waals surface area contributed by atoms with Crippen LogP contribution in [0.3, 0.4) is 0 Å². The first-order valence-electron chi connectivity index (χ1n) is 6.88. The lowest BCUT2D eigenvalue weighted by Gasteiger charge is -2.36. The normalized spacial score (nSPS) is 22.7. The zero-order valence-electron chi connectivity index (χ0n) is 11.4. The summed E-state index contributed by atoms with van der Waals surface area (Å²) < 4.78 is 7.96. The molecule has 0 radical (unpaired) electrons. The van der Waals surface area contributed by atoms with Crippen LogP contribution in [0.15, 0.2) is 18.2 Å². The Morgan fingerprint density at radius 3 is 2.89 bits per heavy atom. The van der Waals surface area contributed by atoms with E-state index in [4.69, 9.17) is 16.3 Å². The minimum absolute atomic E-state index is 0.403. The summed E-state index contributed by atoms with van der Waals surface area (Å²) in [4.78, 5) is 4.64. The molecule has 102 valence electrons. The fraction of sp³-hybridized carbons (Fsp3) is 0.533. The molecular formula is C15H19ClN2O. The molecule has 1 saturated carbocycles. The number of aromatic nitrogens is 2. The van der Waals surface area contributed by atoms with E-state index in [1.54, 1.807) is 0 Å². The number of rotatable bonds is 4. The molecule has 3 rings (SSSR count). The van der Waals surface area contributed by atoms with Crippen LogP contribution < -0.4 is 0 Å². The van der Waals surface area contributed by atoms with Gasteiger partial charge in [-0.1, -0.05) is 6.07 Å². The molecule has 0 spiro atoms.